The van der Waals surface area contributed by atoms with Crippen molar-refractivity contribution in [2.24, 2.45) is 11.7 Å². The number of carbonyl (C=O) groups is 2. The molecule has 2 rings (SSSR count). The molecule has 1 atom stereocenters. The smallest absolute Gasteiger partial charge is 0.264 e. The van der Waals surface area contributed by atoms with E-state index in [1.807, 2.05) is 18.6 Å². The van der Waals surface area contributed by atoms with Crippen molar-refractivity contribution in [3.05, 3.63) is 48.5 Å². The number of nitrogens with one attached hydrogen (secondary N) is 2. The summed E-state index contributed by atoms with van der Waals surface area (Å²) in [6, 6.07) is 11.3. The highest BCUT2D eigenvalue weighted by Gasteiger charge is 2.23. The molecule has 2 aromatic carbocycles. The Labute approximate surface area is 182 Å². The largest absolute Gasteiger partial charge is 0.497 e. The van der Waals surface area contributed by atoms with E-state index < -0.39 is 27.9 Å². The van der Waals surface area contributed by atoms with Crippen molar-refractivity contribution in [3.8, 4) is 11.5 Å². The second kappa shape index (κ2) is 10.8. The third kappa shape index (κ3) is 7.58. The molecule has 2 amide bonds. The topological polar surface area (TPSA) is 137 Å². The fourth-order valence-electron chi connectivity index (χ4n) is 2.64. The highest BCUT2D eigenvalue weighted by Crippen LogP contribution is 2.18. The number of ether oxygens (including phenoxy) is 2. The third-order valence-corrected chi connectivity index (χ3v) is 5.50. The van der Waals surface area contributed by atoms with Crippen molar-refractivity contribution in [2.75, 3.05) is 19.0 Å². The van der Waals surface area contributed by atoms with Crippen LogP contribution in [0.25, 0.3) is 0 Å². The Balaban J connectivity index is 1.98. The first-order valence-electron chi connectivity index (χ1n) is 9.59. The molecule has 31 heavy (non-hydrogen) atoms. The van der Waals surface area contributed by atoms with Crippen LogP contribution < -0.4 is 25.2 Å². The Morgan fingerprint density at radius 3 is 2.32 bits per heavy atom. The maximum absolute atomic E-state index is 12.5. The van der Waals surface area contributed by atoms with Crippen molar-refractivity contribution >= 4 is 27.5 Å². The molecular formula is C21H27N3O6S. The van der Waals surface area contributed by atoms with Gasteiger partial charge in [-0.15, -0.1) is 0 Å². The lowest BCUT2D eigenvalue weighted by Gasteiger charge is -2.15. The van der Waals surface area contributed by atoms with Crippen LogP contribution >= 0.6 is 0 Å². The zero-order valence-electron chi connectivity index (χ0n) is 17.6. The standard InChI is InChI=1S/C21H27N3O6S/c1-14(2)11-19(22)21(26)24-31(27,28)18-6-4-5-15(12-18)23-20(25)13-30-17-9-7-16(29-3)8-10-17/h4-10,12,14,19H,11,13,22H2,1-3H3,(H,23,25)(H,24,26)/t19-/m0/s1. The van der Waals surface area contributed by atoms with Crippen LogP contribution in [-0.4, -0.2) is 40.0 Å². The lowest BCUT2D eigenvalue weighted by molar-refractivity contribution is -0.121. The molecule has 0 aliphatic heterocycles. The summed E-state index contributed by atoms with van der Waals surface area (Å²) in [7, 11) is -2.59. The molecule has 168 valence electrons. The molecule has 0 heterocycles. The van der Waals surface area contributed by atoms with Gasteiger partial charge in [-0.25, -0.2) is 13.1 Å². The van der Waals surface area contributed by atoms with Gasteiger partial charge in [0.25, 0.3) is 21.8 Å². The van der Waals surface area contributed by atoms with Crippen molar-refractivity contribution in [1.82, 2.24) is 4.72 Å². The molecule has 4 N–H and O–H groups in total. The third-order valence-electron chi connectivity index (χ3n) is 4.15. The Bertz CT molecular complexity index is 1010. The number of hydrogen-bond donors (Lipinski definition) is 3. The van der Waals surface area contributed by atoms with Crippen LogP contribution in [0.4, 0.5) is 5.69 Å². The van der Waals surface area contributed by atoms with Crippen molar-refractivity contribution in [1.29, 1.82) is 0 Å². The van der Waals surface area contributed by atoms with Gasteiger partial charge >= 0.3 is 0 Å². The first kappa shape index (κ1) is 24.2. The molecule has 10 heteroatoms. The van der Waals surface area contributed by atoms with E-state index in [0.717, 1.165) is 0 Å². The molecule has 0 saturated heterocycles. The number of hydrogen-bond acceptors (Lipinski definition) is 7. The van der Waals surface area contributed by atoms with E-state index in [1.165, 1.54) is 24.3 Å². The predicted molar refractivity (Wildman–Crippen MR) is 116 cm³/mol. The van der Waals surface area contributed by atoms with E-state index in [-0.39, 0.29) is 23.1 Å². The van der Waals surface area contributed by atoms with Crippen LogP contribution in [-0.2, 0) is 19.6 Å². The molecule has 0 bridgehead atoms. The fraction of sp³-hybridized carbons (Fsp3) is 0.333. The van der Waals surface area contributed by atoms with E-state index in [0.29, 0.717) is 17.9 Å². The number of nitrogens with two attached hydrogens (primary N) is 1. The van der Waals surface area contributed by atoms with Gasteiger partial charge < -0.3 is 20.5 Å². The van der Waals surface area contributed by atoms with Crippen LogP contribution in [0.5, 0.6) is 11.5 Å². The normalized spacial score (nSPS) is 12.2. The average Bonchev–Trinajstić information content (AvgIpc) is 2.72. The van der Waals surface area contributed by atoms with E-state index in [2.05, 4.69) is 5.32 Å². The minimum atomic E-state index is -4.13. The van der Waals surface area contributed by atoms with Gasteiger partial charge in [0.15, 0.2) is 6.61 Å². The summed E-state index contributed by atoms with van der Waals surface area (Å²) in [5.41, 5.74) is 5.98. The number of benzene rings is 2. The quantitative estimate of drug-likeness (QED) is 0.504. The zero-order valence-corrected chi connectivity index (χ0v) is 18.4. The van der Waals surface area contributed by atoms with Crippen molar-refractivity contribution in [3.63, 3.8) is 0 Å². The number of carbonyl (C=O) groups excluding carboxylic acids is 2. The van der Waals surface area contributed by atoms with Gasteiger partial charge in [0, 0.05) is 5.69 Å². The highest BCUT2D eigenvalue weighted by molar-refractivity contribution is 7.90. The van der Waals surface area contributed by atoms with Gasteiger partial charge in [-0.3, -0.25) is 9.59 Å². The van der Waals surface area contributed by atoms with E-state index >= 15 is 0 Å². The van der Waals surface area contributed by atoms with Crippen LogP contribution in [0.15, 0.2) is 53.4 Å². The molecular weight excluding hydrogens is 422 g/mol. The van der Waals surface area contributed by atoms with Gasteiger partial charge in [-0.1, -0.05) is 19.9 Å². The Hall–Kier alpha value is -3.11. The Morgan fingerprint density at radius 1 is 1.06 bits per heavy atom. The molecule has 0 aliphatic carbocycles. The summed E-state index contributed by atoms with van der Waals surface area (Å²) in [5.74, 6) is 0.0197. The van der Waals surface area contributed by atoms with Gasteiger partial charge in [-0.05, 0) is 54.8 Å². The molecule has 0 aliphatic rings. The Morgan fingerprint density at radius 2 is 1.71 bits per heavy atom. The summed E-state index contributed by atoms with van der Waals surface area (Å²) in [5, 5.41) is 2.56. The summed E-state index contributed by atoms with van der Waals surface area (Å²) in [4.78, 5) is 24.0. The minimum Gasteiger partial charge on any atom is -0.497 e. The molecule has 0 radical (unpaired) electrons. The van der Waals surface area contributed by atoms with Gasteiger partial charge in [0.1, 0.15) is 11.5 Å². The summed E-state index contributed by atoms with van der Waals surface area (Å²) < 4.78 is 37.4. The van der Waals surface area contributed by atoms with Crippen LogP contribution in [0.3, 0.4) is 0 Å². The van der Waals surface area contributed by atoms with Crippen LogP contribution in [0.2, 0.25) is 0 Å². The first-order chi connectivity index (χ1) is 14.6. The number of anilines is 1. The van der Waals surface area contributed by atoms with Crippen molar-refractivity contribution in [2.45, 2.75) is 31.2 Å². The first-order valence-corrected chi connectivity index (χ1v) is 11.1. The van der Waals surface area contributed by atoms with Gasteiger partial charge in [0.05, 0.1) is 18.0 Å². The summed E-state index contributed by atoms with van der Waals surface area (Å²) in [6.07, 6.45) is 0.353. The lowest BCUT2D eigenvalue weighted by atomic mass is 10.0. The SMILES string of the molecule is COc1ccc(OCC(=O)Nc2cccc(S(=O)(=O)NC(=O)[C@@H](N)CC(C)C)c2)cc1. The number of methoxy groups -OCH3 is 1. The maximum Gasteiger partial charge on any atom is 0.264 e. The highest BCUT2D eigenvalue weighted by atomic mass is 32.2. The second-order valence-electron chi connectivity index (χ2n) is 7.25. The van der Waals surface area contributed by atoms with Gasteiger partial charge in [-0.2, -0.15) is 0 Å². The summed E-state index contributed by atoms with van der Waals surface area (Å²) >= 11 is 0. The molecule has 0 fully saturated rings. The van der Waals surface area contributed by atoms with E-state index in [1.54, 1.807) is 31.4 Å². The fourth-order valence-corrected chi connectivity index (χ4v) is 3.71. The predicted octanol–water partition coefficient (Wildman–Crippen LogP) is 1.89. The minimum absolute atomic E-state index is 0.141. The maximum atomic E-state index is 12.5. The summed E-state index contributed by atoms with van der Waals surface area (Å²) in [6.45, 7) is 3.49. The lowest BCUT2D eigenvalue weighted by Crippen LogP contribution is -2.43. The zero-order chi connectivity index (χ0) is 23.0. The number of sulfonamides is 1. The molecule has 0 aromatic heterocycles. The van der Waals surface area contributed by atoms with Crippen LogP contribution in [0, 0.1) is 5.92 Å². The number of amides is 2. The Kier molecular flexibility index (Phi) is 8.40. The monoisotopic (exact) mass is 449 g/mol. The number of rotatable bonds is 10. The van der Waals surface area contributed by atoms with E-state index in [4.69, 9.17) is 15.2 Å². The average molecular weight is 450 g/mol. The second-order valence-corrected chi connectivity index (χ2v) is 8.93. The van der Waals surface area contributed by atoms with Gasteiger partial charge in [0.2, 0.25) is 0 Å². The molecule has 0 saturated carbocycles. The van der Waals surface area contributed by atoms with Crippen molar-refractivity contribution < 1.29 is 27.5 Å². The molecule has 0 spiro atoms. The molecule has 0 unspecified atom stereocenters. The van der Waals surface area contributed by atoms with E-state index in [9.17, 15) is 18.0 Å². The molecule has 9 nitrogen and oxygen atoms in total. The van der Waals surface area contributed by atoms with Crippen LogP contribution in [0.1, 0.15) is 20.3 Å². The molecule has 2 aromatic rings.